The van der Waals surface area contributed by atoms with Crippen LogP contribution in [0.5, 0.6) is 5.75 Å². The number of hydrogen-bond acceptors (Lipinski definition) is 8. The van der Waals surface area contributed by atoms with Gasteiger partial charge >= 0.3 is 0 Å². The van der Waals surface area contributed by atoms with E-state index in [0.717, 1.165) is 11.3 Å². The Bertz CT molecular complexity index is 1230. The lowest BCUT2D eigenvalue weighted by molar-refractivity contribution is -0.0859. The maximum absolute atomic E-state index is 13.6. The maximum Gasteiger partial charge on any atom is 0.252 e. The van der Waals surface area contributed by atoms with Crippen LogP contribution in [0.25, 0.3) is 5.82 Å². The van der Waals surface area contributed by atoms with Crippen LogP contribution in [0.3, 0.4) is 0 Å². The SMILES string of the molecule is CNc1nc(Nc2cnc(-n3cnc(C)c3)c(OC)c2)nc2c1C(C)(C)CN2C1CC(F)(F)C1. The Balaban J connectivity index is 1.48. The van der Waals surface area contributed by atoms with Crippen molar-refractivity contribution in [3.63, 3.8) is 0 Å². The molecule has 11 heteroatoms. The Morgan fingerprint density at radius 2 is 1.91 bits per heavy atom. The van der Waals surface area contributed by atoms with E-state index < -0.39 is 5.92 Å². The smallest absolute Gasteiger partial charge is 0.252 e. The average Bonchev–Trinajstić information content (AvgIpc) is 3.31. The minimum absolute atomic E-state index is 0.152. The molecule has 0 unspecified atom stereocenters. The highest BCUT2D eigenvalue weighted by atomic mass is 19.3. The fourth-order valence-electron chi connectivity index (χ4n) is 4.76. The number of nitrogens with one attached hydrogen (secondary N) is 2. The monoisotopic (exact) mass is 470 g/mol. The molecule has 180 valence electrons. The van der Waals surface area contributed by atoms with Crippen LogP contribution in [-0.4, -0.2) is 57.2 Å². The number of imidazole rings is 1. The molecule has 1 aliphatic carbocycles. The molecular formula is C23H28F2N8O. The molecule has 0 atom stereocenters. The summed E-state index contributed by atoms with van der Waals surface area (Å²) in [5.41, 5.74) is 2.18. The van der Waals surface area contributed by atoms with Crippen LogP contribution < -0.4 is 20.3 Å². The zero-order chi connectivity index (χ0) is 24.3. The number of rotatable bonds is 6. The van der Waals surface area contributed by atoms with Gasteiger partial charge in [0.2, 0.25) is 5.95 Å². The van der Waals surface area contributed by atoms with Gasteiger partial charge in [-0.25, -0.2) is 18.7 Å². The predicted molar refractivity (Wildman–Crippen MR) is 126 cm³/mol. The van der Waals surface area contributed by atoms with Gasteiger partial charge in [0.15, 0.2) is 11.6 Å². The largest absolute Gasteiger partial charge is 0.493 e. The van der Waals surface area contributed by atoms with Crippen molar-refractivity contribution in [3.05, 3.63) is 36.0 Å². The van der Waals surface area contributed by atoms with Gasteiger partial charge in [0.1, 0.15) is 18.0 Å². The van der Waals surface area contributed by atoms with E-state index in [4.69, 9.17) is 9.72 Å². The number of aromatic nitrogens is 5. The van der Waals surface area contributed by atoms with E-state index in [-0.39, 0.29) is 24.3 Å². The molecule has 1 aliphatic heterocycles. The first kappa shape index (κ1) is 22.3. The number of hydrogen-bond donors (Lipinski definition) is 2. The van der Waals surface area contributed by atoms with Crippen molar-refractivity contribution < 1.29 is 13.5 Å². The minimum Gasteiger partial charge on any atom is -0.493 e. The van der Waals surface area contributed by atoms with Crippen molar-refractivity contribution in [2.75, 3.05) is 36.2 Å². The van der Waals surface area contributed by atoms with Crippen molar-refractivity contribution >= 4 is 23.3 Å². The van der Waals surface area contributed by atoms with E-state index in [1.807, 2.05) is 24.1 Å². The Morgan fingerprint density at radius 1 is 1.15 bits per heavy atom. The van der Waals surface area contributed by atoms with Crippen LogP contribution in [0, 0.1) is 6.92 Å². The number of nitrogens with zero attached hydrogens (tertiary/aromatic N) is 6. The Hall–Kier alpha value is -3.50. The van der Waals surface area contributed by atoms with Crippen molar-refractivity contribution in [2.24, 2.45) is 0 Å². The molecule has 0 spiro atoms. The molecule has 0 aromatic carbocycles. The van der Waals surface area contributed by atoms with Crippen molar-refractivity contribution in [1.82, 2.24) is 24.5 Å². The topological polar surface area (TPSA) is 93.0 Å². The molecule has 0 amide bonds. The summed E-state index contributed by atoms with van der Waals surface area (Å²) in [6.45, 7) is 6.69. The number of aryl methyl sites for hydroxylation is 1. The minimum atomic E-state index is -2.60. The summed E-state index contributed by atoms with van der Waals surface area (Å²) in [6, 6.07) is 1.57. The normalized spacial score (nSPS) is 18.4. The van der Waals surface area contributed by atoms with Gasteiger partial charge in [-0.15, -0.1) is 0 Å². The summed E-state index contributed by atoms with van der Waals surface area (Å²) in [7, 11) is 3.38. The van der Waals surface area contributed by atoms with Gasteiger partial charge in [0.05, 0.1) is 24.7 Å². The van der Waals surface area contributed by atoms with E-state index in [2.05, 4.69) is 39.4 Å². The van der Waals surface area contributed by atoms with E-state index in [1.165, 1.54) is 0 Å². The summed E-state index contributed by atoms with van der Waals surface area (Å²) < 4.78 is 34.6. The predicted octanol–water partition coefficient (Wildman–Crippen LogP) is 4.05. The molecule has 1 fully saturated rings. The van der Waals surface area contributed by atoms with Crippen LogP contribution in [0.4, 0.5) is 32.1 Å². The number of methoxy groups -OCH3 is 1. The fourth-order valence-corrected chi connectivity index (χ4v) is 4.76. The third-order valence-electron chi connectivity index (χ3n) is 6.42. The lowest BCUT2D eigenvalue weighted by atomic mass is 9.85. The molecule has 2 N–H and O–H groups in total. The molecule has 3 aromatic rings. The van der Waals surface area contributed by atoms with Gasteiger partial charge in [-0.3, -0.25) is 4.57 Å². The first-order chi connectivity index (χ1) is 16.1. The standard InChI is InChI=1S/C23H28F2N8O/c1-13-10-32(12-28-13)19-16(34-5)6-14(9-27-19)29-21-30-18(26-4)17-20(31-21)33(11-22(17,2)3)15-7-23(24,25)8-15/h6,9-10,12,15H,7-8,11H2,1-5H3,(H2,26,29,30,31). The maximum atomic E-state index is 13.6. The molecule has 1 saturated carbocycles. The van der Waals surface area contributed by atoms with Crippen LogP contribution in [0.1, 0.15) is 37.9 Å². The van der Waals surface area contributed by atoms with E-state index in [0.29, 0.717) is 41.4 Å². The summed E-state index contributed by atoms with van der Waals surface area (Å²) in [4.78, 5) is 20.2. The molecule has 4 heterocycles. The molecule has 3 aromatic heterocycles. The highest BCUT2D eigenvalue weighted by Crippen LogP contribution is 2.50. The second-order valence-electron chi connectivity index (χ2n) is 9.57. The fraction of sp³-hybridized carbons (Fsp3) is 0.478. The molecule has 0 saturated heterocycles. The summed E-state index contributed by atoms with van der Waals surface area (Å²) in [6.07, 6.45) is 4.90. The molecule has 9 nitrogen and oxygen atoms in total. The number of pyridine rings is 1. The van der Waals surface area contributed by atoms with E-state index in [1.54, 1.807) is 31.2 Å². The summed E-state index contributed by atoms with van der Waals surface area (Å²) >= 11 is 0. The van der Waals surface area contributed by atoms with Gasteiger partial charge in [0, 0.05) is 55.7 Å². The van der Waals surface area contributed by atoms with E-state index >= 15 is 0 Å². The Kier molecular flexibility index (Phi) is 5.10. The first-order valence-corrected chi connectivity index (χ1v) is 11.2. The lowest BCUT2D eigenvalue weighted by Crippen LogP contribution is -2.51. The van der Waals surface area contributed by atoms with Gasteiger partial charge in [-0.1, -0.05) is 13.8 Å². The van der Waals surface area contributed by atoms with Gasteiger partial charge in [-0.2, -0.15) is 9.97 Å². The van der Waals surface area contributed by atoms with Crippen molar-refractivity contribution in [3.8, 4) is 11.6 Å². The highest BCUT2D eigenvalue weighted by Gasteiger charge is 2.52. The molecule has 0 radical (unpaired) electrons. The molecular weight excluding hydrogens is 442 g/mol. The van der Waals surface area contributed by atoms with Crippen LogP contribution >= 0.6 is 0 Å². The second-order valence-corrected chi connectivity index (χ2v) is 9.57. The third-order valence-corrected chi connectivity index (χ3v) is 6.42. The molecule has 34 heavy (non-hydrogen) atoms. The molecule has 5 rings (SSSR count). The Morgan fingerprint density at radius 3 is 2.53 bits per heavy atom. The second kappa shape index (κ2) is 7.78. The zero-order valence-corrected chi connectivity index (χ0v) is 19.9. The van der Waals surface area contributed by atoms with Crippen molar-refractivity contribution in [1.29, 1.82) is 0 Å². The van der Waals surface area contributed by atoms with Gasteiger partial charge < -0.3 is 20.3 Å². The average molecular weight is 471 g/mol. The van der Waals surface area contributed by atoms with Crippen LogP contribution in [-0.2, 0) is 5.41 Å². The number of alkyl halides is 2. The summed E-state index contributed by atoms with van der Waals surface area (Å²) in [5, 5.41) is 6.36. The van der Waals surface area contributed by atoms with Gasteiger partial charge in [-0.05, 0) is 6.92 Å². The first-order valence-electron chi connectivity index (χ1n) is 11.2. The number of anilines is 4. The number of halogens is 2. The zero-order valence-electron chi connectivity index (χ0n) is 19.9. The number of ether oxygens (including phenoxy) is 1. The molecule has 2 aliphatic rings. The van der Waals surface area contributed by atoms with Crippen molar-refractivity contribution in [2.45, 2.75) is 51.0 Å². The quantitative estimate of drug-likeness (QED) is 0.557. The van der Waals surface area contributed by atoms with Crippen LogP contribution in [0.15, 0.2) is 24.8 Å². The van der Waals surface area contributed by atoms with Gasteiger partial charge in [0.25, 0.3) is 5.92 Å². The lowest BCUT2D eigenvalue weighted by Gasteiger charge is -2.42. The highest BCUT2D eigenvalue weighted by molar-refractivity contribution is 5.71. The van der Waals surface area contributed by atoms with Crippen LogP contribution in [0.2, 0.25) is 0 Å². The number of fused-ring (bicyclic) bond motifs is 1. The third kappa shape index (κ3) is 3.78. The van der Waals surface area contributed by atoms with E-state index in [9.17, 15) is 8.78 Å². The molecule has 0 bridgehead atoms. The summed E-state index contributed by atoms with van der Waals surface area (Å²) in [5.74, 6) is 0.284. The Labute approximate surface area is 196 Å².